The number of halogens is 4. The molecular weight excluding hydrogens is 290 g/mol. The van der Waals surface area contributed by atoms with E-state index in [-0.39, 0.29) is 0 Å². The van der Waals surface area contributed by atoms with E-state index in [0.29, 0.717) is 0 Å². The van der Waals surface area contributed by atoms with E-state index in [2.05, 4.69) is 4.98 Å². The van der Waals surface area contributed by atoms with E-state index in [1.165, 1.54) is 6.07 Å². The van der Waals surface area contributed by atoms with Crippen LogP contribution in [0.1, 0.15) is 32.6 Å². The molecule has 0 amide bonds. The van der Waals surface area contributed by atoms with E-state index in [0.717, 1.165) is 12.3 Å². The fourth-order valence-corrected chi connectivity index (χ4v) is 2.53. The number of hydrogen-bond donors (Lipinski definition) is 0. The van der Waals surface area contributed by atoms with Gasteiger partial charge in [0.2, 0.25) is 0 Å². The summed E-state index contributed by atoms with van der Waals surface area (Å²) in [5.74, 6) is -1.01. The summed E-state index contributed by atoms with van der Waals surface area (Å²) in [4.78, 5) is 3.51. The van der Waals surface area contributed by atoms with Gasteiger partial charge < -0.3 is 4.43 Å². The lowest BCUT2D eigenvalue weighted by Gasteiger charge is -2.39. The molecule has 0 radical (unpaired) electrons. The lowest BCUT2D eigenvalue weighted by molar-refractivity contribution is -0.203. The van der Waals surface area contributed by atoms with Gasteiger partial charge in [0.15, 0.2) is 14.4 Å². The molecule has 1 aromatic rings. The van der Waals surface area contributed by atoms with Gasteiger partial charge in [-0.3, -0.25) is 4.98 Å². The molecule has 0 N–H and O–H groups in total. The first kappa shape index (κ1) is 17.1. The van der Waals surface area contributed by atoms with Crippen molar-refractivity contribution in [1.82, 2.24) is 4.98 Å². The molecule has 20 heavy (non-hydrogen) atoms. The second-order valence-corrected chi connectivity index (χ2v) is 10.9. The molecule has 1 atom stereocenters. The summed E-state index contributed by atoms with van der Waals surface area (Å²) in [5, 5.41) is -0.415. The summed E-state index contributed by atoms with van der Waals surface area (Å²) in [6.45, 7) is 8.84. The van der Waals surface area contributed by atoms with Gasteiger partial charge in [0.25, 0.3) is 0 Å². The molecule has 0 aliphatic heterocycles. The topological polar surface area (TPSA) is 22.1 Å². The van der Waals surface area contributed by atoms with E-state index < -0.39 is 37.1 Å². The van der Waals surface area contributed by atoms with Crippen molar-refractivity contribution in [2.75, 3.05) is 0 Å². The van der Waals surface area contributed by atoms with Crippen LogP contribution in [-0.2, 0) is 4.43 Å². The number of aromatic nitrogens is 1. The summed E-state index contributed by atoms with van der Waals surface area (Å²) in [6.07, 6.45) is -5.90. The van der Waals surface area contributed by atoms with Crippen molar-refractivity contribution < 1.29 is 22.0 Å². The maximum Gasteiger partial charge on any atom is 0.419 e. The zero-order valence-electron chi connectivity index (χ0n) is 12.2. The highest BCUT2D eigenvalue weighted by Gasteiger charge is 2.50. The summed E-state index contributed by atoms with van der Waals surface area (Å²) >= 11 is 0. The third kappa shape index (κ3) is 3.79. The van der Waals surface area contributed by atoms with Gasteiger partial charge in [0.05, 0.1) is 0 Å². The Hall–Kier alpha value is -0.953. The fourth-order valence-electron chi connectivity index (χ4n) is 1.34. The summed E-state index contributed by atoms with van der Waals surface area (Å²) in [5.41, 5.74) is -0.704. The van der Waals surface area contributed by atoms with Gasteiger partial charge in [0, 0.05) is 6.20 Å². The van der Waals surface area contributed by atoms with Gasteiger partial charge >= 0.3 is 6.18 Å². The first-order valence-electron chi connectivity index (χ1n) is 6.21. The average Bonchev–Trinajstić information content (AvgIpc) is 2.24. The Bertz CT molecular complexity index is 468. The van der Waals surface area contributed by atoms with Crippen molar-refractivity contribution in [3.63, 3.8) is 0 Å². The Morgan fingerprint density at radius 1 is 1.20 bits per heavy atom. The SMILES string of the molecule is CC(C)(C)[Si](C)(C)OC(c1ncccc1F)C(F)(F)F. The normalized spacial score (nSPS) is 15.2. The van der Waals surface area contributed by atoms with Gasteiger partial charge in [-0.2, -0.15) is 13.2 Å². The molecule has 0 saturated carbocycles. The van der Waals surface area contributed by atoms with Gasteiger partial charge in [-0.05, 0) is 30.3 Å². The van der Waals surface area contributed by atoms with Crippen molar-refractivity contribution in [2.24, 2.45) is 0 Å². The number of rotatable bonds is 3. The van der Waals surface area contributed by atoms with Crippen molar-refractivity contribution in [1.29, 1.82) is 0 Å². The van der Waals surface area contributed by atoms with E-state index >= 15 is 0 Å². The Kier molecular flexibility index (Phi) is 4.65. The first-order chi connectivity index (χ1) is 8.86. The molecule has 1 aromatic heterocycles. The zero-order chi connectivity index (χ0) is 15.8. The monoisotopic (exact) mass is 309 g/mol. The van der Waals surface area contributed by atoms with Crippen LogP contribution >= 0.6 is 0 Å². The summed E-state index contributed by atoms with van der Waals surface area (Å²) in [6, 6.07) is 2.20. The quantitative estimate of drug-likeness (QED) is 0.588. The van der Waals surface area contributed by atoms with Crippen molar-refractivity contribution in [3.05, 3.63) is 29.8 Å². The number of pyridine rings is 1. The van der Waals surface area contributed by atoms with Crippen LogP contribution in [-0.4, -0.2) is 19.5 Å². The average molecular weight is 309 g/mol. The van der Waals surface area contributed by atoms with E-state index in [1.54, 1.807) is 13.1 Å². The highest BCUT2D eigenvalue weighted by atomic mass is 28.4. The van der Waals surface area contributed by atoms with Crippen LogP contribution in [0.5, 0.6) is 0 Å². The van der Waals surface area contributed by atoms with E-state index in [4.69, 9.17) is 4.43 Å². The Morgan fingerprint density at radius 3 is 2.15 bits per heavy atom. The van der Waals surface area contributed by atoms with Crippen LogP contribution in [0.2, 0.25) is 18.1 Å². The smallest absolute Gasteiger partial charge is 0.401 e. The minimum atomic E-state index is -4.70. The predicted molar refractivity (Wildman–Crippen MR) is 71.3 cm³/mol. The van der Waals surface area contributed by atoms with Gasteiger partial charge in [-0.15, -0.1) is 0 Å². The lowest BCUT2D eigenvalue weighted by atomic mass is 10.2. The zero-order valence-corrected chi connectivity index (χ0v) is 13.2. The van der Waals surface area contributed by atoms with Crippen LogP contribution in [0.25, 0.3) is 0 Å². The molecule has 2 nitrogen and oxygen atoms in total. The highest BCUT2D eigenvalue weighted by molar-refractivity contribution is 6.74. The molecule has 0 spiro atoms. The maximum absolute atomic E-state index is 13.6. The predicted octanol–water partition coefficient (Wildman–Crippen LogP) is 4.85. The molecule has 0 saturated heterocycles. The summed E-state index contributed by atoms with van der Waals surface area (Å²) in [7, 11) is -2.71. The minimum Gasteiger partial charge on any atom is -0.401 e. The molecule has 0 aliphatic rings. The molecule has 7 heteroatoms. The van der Waals surface area contributed by atoms with Crippen LogP contribution in [0.15, 0.2) is 18.3 Å². The maximum atomic E-state index is 13.6. The Balaban J connectivity index is 3.21. The van der Waals surface area contributed by atoms with Crippen molar-refractivity contribution in [2.45, 2.75) is 51.2 Å². The molecule has 0 bridgehead atoms. The van der Waals surface area contributed by atoms with Crippen molar-refractivity contribution in [3.8, 4) is 0 Å². The van der Waals surface area contributed by atoms with Gasteiger partial charge in [-0.1, -0.05) is 20.8 Å². The van der Waals surface area contributed by atoms with Crippen LogP contribution in [0.3, 0.4) is 0 Å². The lowest BCUT2D eigenvalue weighted by Crippen LogP contribution is -2.45. The molecule has 1 rings (SSSR count). The first-order valence-corrected chi connectivity index (χ1v) is 9.12. The number of nitrogens with zero attached hydrogens (tertiary/aromatic N) is 1. The molecule has 0 aliphatic carbocycles. The van der Waals surface area contributed by atoms with E-state index in [1.807, 2.05) is 20.8 Å². The van der Waals surface area contributed by atoms with Crippen LogP contribution in [0.4, 0.5) is 17.6 Å². The molecule has 1 unspecified atom stereocenters. The molecular formula is C13H19F4NOSi. The second-order valence-electron chi connectivity index (χ2n) is 6.17. The van der Waals surface area contributed by atoms with Gasteiger partial charge in [-0.25, -0.2) is 4.39 Å². The van der Waals surface area contributed by atoms with Crippen LogP contribution in [0, 0.1) is 5.82 Å². The molecule has 0 aromatic carbocycles. The Morgan fingerprint density at radius 2 is 1.75 bits per heavy atom. The van der Waals surface area contributed by atoms with E-state index in [9.17, 15) is 17.6 Å². The second kappa shape index (κ2) is 5.44. The third-order valence-electron chi connectivity index (χ3n) is 3.55. The number of alkyl halides is 3. The number of hydrogen-bond acceptors (Lipinski definition) is 2. The fraction of sp³-hybridized carbons (Fsp3) is 0.615. The Labute approximate surface area is 117 Å². The largest absolute Gasteiger partial charge is 0.419 e. The van der Waals surface area contributed by atoms with Gasteiger partial charge in [0.1, 0.15) is 11.5 Å². The summed E-state index contributed by atoms with van der Waals surface area (Å²) < 4.78 is 58.5. The highest BCUT2D eigenvalue weighted by Crippen LogP contribution is 2.44. The molecule has 0 fully saturated rings. The third-order valence-corrected chi connectivity index (χ3v) is 7.99. The minimum absolute atomic E-state index is 0.415. The van der Waals surface area contributed by atoms with Crippen LogP contribution < -0.4 is 0 Å². The molecule has 114 valence electrons. The molecule has 1 heterocycles. The van der Waals surface area contributed by atoms with Crippen molar-refractivity contribution >= 4 is 8.32 Å². The standard InChI is InChI=1S/C13H19F4NOSi/c1-12(2,3)20(4,5)19-11(13(15,16)17)10-9(14)7-6-8-18-10/h6-8,11H,1-5H3.